The van der Waals surface area contributed by atoms with E-state index in [1.165, 1.54) is 12.1 Å². The first-order valence-electron chi connectivity index (χ1n) is 7.22. The molecule has 0 aliphatic rings. The van der Waals surface area contributed by atoms with E-state index in [-0.39, 0.29) is 0 Å². The minimum atomic E-state index is -3.69. The second-order valence-corrected chi connectivity index (χ2v) is 5.04. The molecular formula is C17H15F5O2. The van der Waals surface area contributed by atoms with Crippen LogP contribution in [0.1, 0.15) is 24.5 Å². The molecule has 0 saturated carbocycles. The lowest BCUT2D eigenvalue weighted by Crippen LogP contribution is -2.22. The maximum atomic E-state index is 14.1. The predicted octanol–water partition coefficient (Wildman–Crippen LogP) is 5.51. The van der Waals surface area contributed by atoms with Gasteiger partial charge in [0.2, 0.25) is 0 Å². The van der Waals surface area contributed by atoms with Gasteiger partial charge in [0.05, 0.1) is 5.56 Å². The molecule has 0 fully saturated rings. The third kappa shape index (κ3) is 4.59. The van der Waals surface area contributed by atoms with Gasteiger partial charge in [0.15, 0.2) is 11.6 Å². The summed E-state index contributed by atoms with van der Waals surface area (Å²) in [6, 6.07) is 7.90. The zero-order valence-electron chi connectivity index (χ0n) is 12.7. The van der Waals surface area contributed by atoms with Crippen molar-refractivity contribution in [2.45, 2.75) is 32.5 Å². The first kappa shape index (κ1) is 18.0. The van der Waals surface area contributed by atoms with Crippen LogP contribution in [0.2, 0.25) is 0 Å². The average molecular weight is 346 g/mol. The van der Waals surface area contributed by atoms with Crippen LogP contribution < -0.4 is 9.47 Å². The lowest BCUT2D eigenvalue weighted by molar-refractivity contribution is -0.185. The summed E-state index contributed by atoms with van der Waals surface area (Å²) in [4.78, 5) is 0. The van der Waals surface area contributed by atoms with Gasteiger partial charge < -0.3 is 9.47 Å². The molecule has 0 unspecified atom stereocenters. The van der Waals surface area contributed by atoms with E-state index in [1.54, 1.807) is 12.1 Å². The van der Waals surface area contributed by atoms with Gasteiger partial charge in [-0.15, -0.1) is 0 Å². The van der Waals surface area contributed by atoms with E-state index in [1.807, 2.05) is 6.92 Å². The minimum absolute atomic E-state index is 0.393. The molecule has 0 heterocycles. The van der Waals surface area contributed by atoms with Gasteiger partial charge in [-0.05, 0) is 36.2 Å². The highest BCUT2D eigenvalue weighted by Crippen LogP contribution is 2.33. The molecule has 0 amide bonds. The zero-order chi connectivity index (χ0) is 17.7. The number of benzene rings is 2. The maximum absolute atomic E-state index is 14.1. The van der Waals surface area contributed by atoms with E-state index in [0.717, 1.165) is 30.5 Å². The third-order valence-electron chi connectivity index (χ3n) is 3.19. The highest BCUT2D eigenvalue weighted by Gasteiger charge is 2.34. The fourth-order valence-electron chi connectivity index (χ4n) is 2.10. The fraction of sp³-hybridized carbons (Fsp3) is 0.294. The van der Waals surface area contributed by atoms with Crippen LogP contribution in [-0.2, 0) is 12.5 Å². The first-order valence-corrected chi connectivity index (χ1v) is 7.22. The molecule has 0 radical (unpaired) electrons. The molecule has 130 valence electrons. The summed E-state index contributed by atoms with van der Waals surface area (Å²) in [5, 5.41) is 0. The summed E-state index contributed by atoms with van der Waals surface area (Å²) in [7, 11) is 0. The molecule has 0 atom stereocenters. The van der Waals surface area contributed by atoms with Crippen molar-refractivity contribution in [3.63, 3.8) is 0 Å². The molecule has 0 aliphatic heterocycles. The lowest BCUT2D eigenvalue weighted by atomic mass is 10.1. The van der Waals surface area contributed by atoms with Gasteiger partial charge in [0.1, 0.15) is 5.75 Å². The Hall–Kier alpha value is -2.31. The number of ether oxygens (including phenoxy) is 2. The van der Waals surface area contributed by atoms with Crippen molar-refractivity contribution in [1.82, 2.24) is 0 Å². The summed E-state index contributed by atoms with van der Waals surface area (Å²) in [5.74, 6) is -2.47. The van der Waals surface area contributed by atoms with Crippen molar-refractivity contribution in [3.8, 4) is 11.5 Å². The highest BCUT2D eigenvalue weighted by molar-refractivity contribution is 5.34. The van der Waals surface area contributed by atoms with Crippen molar-refractivity contribution in [3.05, 3.63) is 59.4 Å². The van der Waals surface area contributed by atoms with Crippen LogP contribution in [-0.4, -0.2) is 6.61 Å². The standard InChI is InChI=1S/C17H15F5O2/c1-2-3-11-4-6-12(7-5-11)17(21,22)24-13-8-9-15(14(18)10-13)23-16(19)20/h4-10,16H,2-3H2,1H3. The molecule has 2 aromatic rings. The van der Waals surface area contributed by atoms with Crippen molar-refractivity contribution in [2.24, 2.45) is 0 Å². The van der Waals surface area contributed by atoms with Crippen LogP contribution >= 0.6 is 0 Å². The van der Waals surface area contributed by atoms with Gasteiger partial charge >= 0.3 is 12.7 Å². The predicted molar refractivity (Wildman–Crippen MR) is 78.0 cm³/mol. The summed E-state index contributed by atoms with van der Waals surface area (Å²) >= 11 is 0. The van der Waals surface area contributed by atoms with Crippen LogP contribution in [0.15, 0.2) is 42.5 Å². The number of hydrogen-bond donors (Lipinski definition) is 0. The molecular weight excluding hydrogens is 331 g/mol. The Morgan fingerprint density at radius 1 is 1.04 bits per heavy atom. The van der Waals surface area contributed by atoms with Crippen LogP contribution in [0.25, 0.3) is 0 Å². The third-order valence-corrected chi connectivity index (χ3v) is 3.19. The Morgan fingerprint density at radius 2 is 1.71 bits per heavy atom. The zero-order valence-corrected chi connectivity index (χ0v) is 12.7. The fourth-order valence-corrected chi connectivity index (χ4v) is 2.10. The number of alkyl halides is 4. The van der Waals surface area contributed by atoms with Crippen LogP contribution in [0, 0.1) is 5.82 Å². The normalized spacial score (nSPS) is 11.6. The molecule has 0 aromatic heterocycles. The van der Waals surface area contributed by atoms with E-state index in [4.69, 9.17) is 0 Å². The van der Waals surface area contributed by atoms with Gasteiger partial charge in [-0.1, -0.05) is 25.5 Å². The van der Waals surface area contributed by atoms with E-state index < -0.39 is 35.6 Å². The lowest BCUT2D eigenvalue weighted by Gasteiger charge is -2.19. The largest absolute Gasteiger partial charge is 0.432 e. The summed E-state index contributed by atoms with van der Waals surface area (Å²) < 4.78 is 74.2. The molecule has 0 bridgehead atoms. The van der Waals surface area contributed by atoms with Crippen LogP contribution in [0.4, 0.5) is 22.0 Å². The highest BCUT2D eigenvalue weighted by atomic mass is 19.3. The van der Waals surface area contributed by atoms with Gasteiger partial charge in [-0.25, -0.2) is 4.39 Å². The quantitative estimate of drug-likeness (QED) is 0.616. The SMILES string of the molecule is CCCc1ccc(C(F)(F)Oc2ccc(OC(F)F)c(F)c2)cc1. The monoisotopic (exact) mass is 346 g/mol. The van der Waals surface area contributed by atoms with Gasteiger partial charge in [-0.2, -0.15) is 17.6 Å². The minimum Gasteiger partial charge on any atom is -0.432 e. The number of hydrogen-bond acceptors (Lipinski definition) is 2. The average Bonchev–Trinajstić information content (AvgIpc) is 2.50. The van der Waals surface area contributed by atoms with Crippen molar-refractivity contribution >= 4 is 0 Å². The molecule has 0 spiro atoms. The van der Waals surface area contributed by atoms with Gasteiger partial charge in [-0.3, -0.25) is 0 Å². The van der Waals surface area contributed by atoms with E-state index in [2.05, 4.69) is 9.47 Å². The van der Waals surface area contributed by atoms with E-state index in [0.29, 0.717) is 6.07 Å². The van der Waals surface area contributed by atoms with Crippen molar-refractivity contribution in [1.29, 1.82) is 0 Å². The second kappa shape index (κ2) is 7.51. The Kier molecular flexibility index (Phi) is 5.64. The molecule has 2 nitrogen and oxygen atoms in total. The van der Waals surface area contributed by atoms with E-state index in [9.17, 15) is 22.0 Å². The Labute approximate surface area is 135 Å². The van der Waals surface area contributed by atoms with Crippen LogP contribution in [0.3, 0.4) is 0 Å². The Morgan fingerprint density at radius 3 is 2.25 bits per heavy atom. The Balaban J connectivity index is 2.14. The molecule has 0 aliphatic carbocycles. The molecule has 7 heteroatoms. The molecule has 0 N–H and O–H groups in total. The van der Waals surface area contributed by atoms with Crippen molar-refractivity contribution in [2.75, 3.05) is 0 Å². The number of halogens is 5. The maximum Gasteiger partial charge on any atom is 0.426 e. The topological polar surface area (TPSA) is 18.5 Å². The van der Waals surface area contributed by atoms with Gasteiger partial charge in [0.25, 0.3) is 0 Å². The molecule has 2 rings (SSSR count). The van der Waals surface area contributed by atoms with Crippen LogP contribution in [0.5, 0.6) is 11.5 Å². The molecule has 24 heavy (non-hydrogen) atoms. The van der Waals surface area contributed by atoms with Crippen molar-refractivity contribution < 1.29 is 31.4 Å². The Bertz CT molecular complexity index is 671. The smallest absolute Gasteiger partial charge is 0.426 e. The van der Waals surface area contributed by atoms with E-state index >= 15 is 0 Å². The molecule has 0 saturated heterocycles. The summed E-state index contributed by atoms with van der Waals surface area (Å²) in [6.45, 7) is -1.24. The summed E-state index contributed by atoms with van der Waals surface area (Å²) in [5.41, 5.74) is 0.521. The van der Waals surface area contributed by atoms with Gasteiger partial charge in [0, 0.05) is 6.07 Å². The molecule has 2 aromatic carbocycles. The summed E-state index contributed by atoms with van der Waals surface area (Å²) in [6.07, 6.45) is -2.04. The second-order valence-electron chi connectivity index (χ2n) is 5.04. The number of rotatable bonds is 7. The number of aryl methyl sites for hydroxylation is 1. The first-order chi connectivity index (χ1) is 11.3.